The number of hydrogen-bond acceptors (Lipinski definition) is 2. The van der Waals surface area contributed by atoms with Gasteiger partial charge in [-0.05, 0) is 25.7 Å². The monoisotopic (exact) mass is 195 g/mol. The summed E-state index contributed by atoms with van der Waals surface area (Å²) in [6.45, 7) is 0.795. The zero-order valence-electron chi connectivity index (χ0n) is 8.50. The molecule has 0 aromatic rings. The van der Waals surface area contributed by atoms with Gasteiger partial charge in [0.2, 0.25) is 5.91 Å². The molecule has 1 amide bonds. The van der Waals surface area contributed by atoms with Crippen LogP contribution in [0.15, 0.2) is 0 Å². The zero-order chi connectivity index (χ0) is 9.60. The number of carbonyl (C=O) groups excluding carboxylic acids is 1. The van der Waals surface area contributed by atoms with E-state index in [-0.39, 0.29) is 11.8 Å². The van der Waals surface area contributed by atoms with Gasteiger partial charge in [-0.2, -0.15) is 0 Å². The zero-order valence-corrected chi connectivity index (χ0v) is 8.50. The summed E-state index contributed by atoms with van der Waals surface area (Å²) in [5.74, 6) is 0.334. The van der Waals surface area contributed by atoms with E-state index in [1.54, 1.807) is 0 Å². The van der Waals surface area contributed by atoms with Crippen LogP contribution < -0.4 is 0 Å². The summed E-state index contributed by atoms with van der Waals surface area (Å²) in [7, 11) is 0. The molecule has 1 atom stereocenters. The molecule has 1 unspecified atom stereocenters. The fourth-order valence-electron chi connectivity index (χ4n) is 3.31. The highest BCUT2D eigenvalue weighted by molar-refractivity contribution is 5.78. The quantitative estimate of drug-likeness (QED) is 0.588. The molecule has 2 heterocycles. The van der Waals surface area contributed by atoms with Gasteiger partial charge in [-0.3, -0.25) is 4.79 Å². The number of nitrogens with zero attached hydrogens (tertiary/aromatic N) is 1. The topological polar surface area (TPSA) is 29.5 Å². The largest absolute Gasteiger partial charge is 0.356 e. The number of amides is 1. The molecule has 78 valence electrons. The summed E-state index contributed by atoms with van der Waals surface area (Å²) in [5.41, 5.74) is 0.113. The van der Waals surface area contributed by atoms with E-state index in [0.29, 0.717) is 5.91 Å². The van der Waals surface area contributed by atoms with E-state index in [0.717, 1.165) is 38.7 Å². The molecule has 3 fully saturated rings. The lowest BCUT2D eigenvalue weighted by molar-refractivity contribution is -0.145. The Bertz CT molecular complexity index is 258. The summed E-state index contributed by atoms with van der Waals surface area (Å²) in [6.07, 6.45) is 7.77. The van der Waals surface area contributed by atoms with Crippen molar-refractivity contribution in [3.05, 3.63) is 0 Å². The number of rotatable bonds is 0. The number of piperidine rings is 1. The summed E-state index contributed by atoms with van der Waals surface area (Å²) < 4.78 is 5.77. The summed E-state index contributed by atoms with van der Waals surface area (Å²) in [6, 6.07) is 0. The molecule has 2 aliphatic heterocycles. The molecule has 2 saturated heterocycles. The van der Waals surface area contributed by atoms with Gasteiger partial charge in [-0.15, -0.1) is 0 Å². The summed E-state index contributed by atoms with van der Waals surface area (Å²) >= 11 is 0. The van der Waals surface area contributed by atoms with Crippen LogP contribution in [0.1, 0.15) is 44.9 Å². The molecule has 0 aromatic carbocycles. The lowest BCUT2D eigenvalue weighted by Gasteiger charge is -2.38. The first kappa shape index (κ1) is 8.72. The second kappa shape index (κ2) is 2.96. The third kappa shape index (κ3) is 1.05. The molecular weight excluding hydrogens is 178 g/mol. The molecule has 1 saturated carbocycles. The third-order valence-electron chi connectivity index (χ3n) is 3.99. The van der Waals surface area contributed by atoms with Crippen molar-refractivity contribution >= 4 is 5.91 Å². The maximum atomic E-state index is 11.9. The first-order chi connectivity index (χ1) is 6.82. The van der Waals surface area contributed by atoms with Crippen molar-refractivity contribution in [2.24, 2.45) is 0 Å². The first-order valence-electron chi connectivity index (χ1n) is 5.76. The van der Waals surface area contributed by atoms with Gasteiger partial charge in [0.1, 0.15) is 6.23 Å². The van der Waals surface area contributed by atoms with Gasteiger partial charge < -0.3 is 9.64 Å². The van der Waals surface area contributed by atoms with E-state index >= 15 is 0 Å². The Morgan fingerprint density at radius 2 is 2.07 bits per heavy atom. The second-order valence-electron chi connectivity index (χ2n) is 4.85. The summed E-state index contributed by atoms with van der Waals surface area (Å²) in [4.78, 5) is 14.0. The molecule has 1 aliphatic carbocycles. The molecule has 3 aliphatic rings. The van der Waals surface area contributed by atoms with Crippen LogP contribution >= 0.6 is 0 Å². The average molecular weight is 195 g/mol. The lowest BCUT2D eigenvalue weighted by atomic mass is 9.94. The molecular formula is C11H17NO2. The molecule has 0 N–H and O–H groups in total. The number of hydrogen-bond donors (Lipinski definition) is 0. The smallest absolute Gasteiger partial charge is 0.225 e. The third-order valence-corrected chi connectivity index (χ3v) is 3.99. The standard InChI is InChI=1S/C11H17NO2/c13-9-4-3-5-10-12(9)11(8-14-10)6-1-2-7-11/h10H,1-8H2. The lowest BCUT2D eigenvalue weighted by Crippen LogP contribution is -2.52. The molecule has 3 rings (SSSR count). The van der Waals surface area contributed by atoms with Crippen LogP contribution in [0.2, 0.25) is 0 Å². The predicted octanol–water partition coefficient (Wildman–Crippen LogP) is 1.67. The SMILES string of the molecule is O=C1CCCC2OCC3(CCCC3)N12. The van der Waals surface area contributed by atoms with E-state index < -0.39 is 0 Å². The van der Waals surface area contributed by atoms with Gasteiger partial charge in [0.05, 0.1) is 12.1 Å². The van der Waals surface area contributed by atoms with Gasteiger partial charge in [0.25, 0.3) is 0 Å². The van der Waals surface area contributed by atoms with Crippen LogP contribution in [0, 0.1) is 0 Å². The van der Waals surface area contributed by atoms with Gasteiger partial charge in [0.15, 0.2) is 0 Å². The normalized spacial score (nSPS) is 35.3. The minimum Gasteiger partial charge on any atom is -0.356 e. The summed E-state index contributed by atoms with van der Waals surface area (Å²) in [5, 5.41) is 0. The van der Waals surface area contributed by atoms with Crippen molar-refractivity contribution in [3.63, 3.8) is 0 Å². The van der Waals surface area contributed by atoms with Gasteiger partial charge >= 0.3 is 0 Å². The van der Waals surface area contributed by atoms with E-state index in [1.165, 1.54) is 12.8 Å². The van der Waals surface area contributed by atoms with Gasteiger partial charge in [-0.1, -0.05) is 12.8 Å². The molecule has 3 nitrogen and oxygen atoms in total. The minimum absolute atomic E-state index is 0.113. The van der Waals surface area contributed by atoms with Gasteiger partial charge in [0, 0.05) is 6.42 Å². The second-order valence-corrected chi connectivity index (χ2v) is 4.85. The van der Waals surface area contributed by atoms with Crippen molar-refractivity contribution in [2.75, 3.05) is 6.61 Å². The van der Waals surface area contributed by atoms with Crippen molar-refractivity contribution in [2.45, 2.75) is 56.7 Å². The van der Waals surface area contributed by atoms with Crippen molar-refractivity contribution < 1.29 is 9.53 Å². The predicted molar refractivity (Wildman–Crippen MR) is 51.6 cm³/mol. The van der Waals surface area contributed by atoms with Crippen LogP contribution in [-0.2, 0) is 9.53 Å². The molecule has 1 spiro atoms. The average Bonchev–Trinajstić information content (AvgIpc) is 2.77. The first-order valence-corrected chi connectivity index (χ1v) is 5.76. The Morgan fingerprint density at radius 1 is 1.29 bits per heavy atom. The molecule has 0 radical (unpaired) electrons. The van der Waals surface area contributed by atoms with E-state index in [2.05, 4.69) is 4.90 Å². The van der Waals surface area contributed by atoms with Crippen LogP contribution in [0.5, 0.6) is 0 Å². The number of ether oxygens (including phenoxy) is 1. The van der Waals surface area contributed by atoms with Crippen LogP contribution in [0.4, 0.5) is 0 Å². The highest BCUT2D eigenvalue weighted by Crippen LogP contribution is 2.44. The fraction of sp³-hybridized carbons (Fsp3) is 0.909. The molecule has 0 bridgehead atoms. The maximum Gasteiger partial charge on any atom is 0.225 e. The highest BCUT2D eigenvalue weighted by Gasteiger charge is 2.51. The Balaban J connectivity index is 1.90. The number of carbonyl (C=O) groups is 1. The highest BCUT2D eigenvalue weighted by atomic mass is 16.5. The Kier molecular flexibility index (Phi) is 1.84. The Labute approximate surface area is 84.4 Å². The molecule has 0 aromatic heterocycles. The van der Waals surface area contributed by atoms with Crippen LogP contribution in [0.3, 0.4) is 0 Å². The van der Waals surface area contributed by atoms with Crippen LogP contribution in [0.25, 0.3) is 0 Å². The van der Waals surface area contributed by atoms with Crippen molar-refractivity contribution in [1.29, 1.82) is 0 Å². The van der Waals surface area contributed by atoms with E-state index in [1.807, 2.05) is 0 Å². The Morgan fingerprint density at radius 3 is 2.86 bits per heavy atom. The van der Waals surface area contributed by atoms with Gasteiger partial charge in [-0.25, -0.2) is 0 Å². The maximum absolute atomic E-state index is 11.9. The number of fused-ring (bicyclic) bond motifs is 2. The fourth-order valence-corrected chi connectivity index (χ4v) is 3.31. The molecule has 3 heteroatoms. The Hall–Kier alpha value is -0.570. The minimum atomic E-state index is 0.113. The van der Waals surface area contributed by atoms with Crippen LogP contribution in [-0.4, -0.2) is 29.2 Å². The van der Waals surface area contributed by atoms with E-state index in [4.69, 9.17) is 4.74 Å². The van der Waals surface area contributed by atoms with Crippen molar-refractivity contribution in [1.82, 2.24) is 4.90 Å². The van der Waals surface area contributed by atoms with E-state index in [9.17, 15) is 4.79 Å². The van der Waals surface area contributed by atoms with Crippen molar-refractivity contribution in [3.8, 4) is 0 Å². The molecule has 14 heavy (non-hydrogen) atoms.